The Balaban J connectivity index is 4.11. The summed E-state index contributed by atoms with van der Waals surface area (Å²) in [6, 6.07) is 0. The first kappa shape index (κ1) is 21.8. The van der Waals surface area contributed by atoms with Gasteiger partial charge >= 0.3 is 11.9 Å². The van der Waals surface area contributed by atoms with Gasteiger partial charge in [0.15, 0.2) is 0 Å². The molecule has 0 aliphatic heterocycles. The quantitative estimate of drug-likeness (QED) is 0.176. The predicted molar refractivity (Wildman–Crippen MR) is 89.7 cm³/mol. The van der Waals surface area contributed by atoms with Gasteiger partial charge in [0.2, 0.25) is 0 Å². The van der Waals surface area contributed by atoms with Crippen LogP contribution < -0.4 is 0 Å². The van der Waals surface area contributed by atoms with Crippen molar-refractivity contribution in [1.82, 2.24) is 0 Å². The van der Waals surface area contributed by atoms with Gasteiger partial charge in [-0.1, -0.05) is 20.4 Å². The summed E-state index contributed by atoms with van der Waals surface area (Å²) in [5.41, 5.74) is -0.692. The molecule has 2 atom stereocenters. The summed E-state index contributed by atoms with van der Waals surface area (Å²) < 4.78 is 9.92. The lowest BCUT2D eigenvalue weighted by molar-refractivity contribution is -0.265. The fraction of sp³-hybridized carbons (Fsp3) is 0.750. The predicted octanol–water partition coefficient (Wildman–Crippen LogP) is 2.97. The molecule has 7 heteroatoms. The molecule has 134 valence electrons. The van der Waals surface area contributed by atoms with Gasteiger partial charge in [-0.15, -0.1) is 0 Å². The Morgan fingerprint density at radius 2 is 1.96 bits per heavy atom. The van der Waals surface area contributed by atoms with E-state index in [1.165, 1.54) is 7.11 Å². The number of methoxy groups -OCH3 is 1. The van der Waals surface area contributed by atoms with Crippen molar-refractivity contribution in [3.05, 3.63) is 12.3 Å². The molecule has 0 saturated heterocycles. The average Bonchev–Trinajstić information content (AvgIpc) is 2.53. The van der Waals surface area contributed by atoms with E-state index < -0.39 is 11.3 Å². The number of hydrogen-bond donors (Lipinski definition) is 0. The first-order valence-electron chi connectivity index (χ1n) is 7.52. The highest BCUT2D eigenvalue weighted by Gasteiger charge is 2.36. The van der Waals surface area contributed by atoms with Crippen LogP contribution >= 0.6 is 11.8 Å². The molecule has 0 heterocycles. The molecule has 2 unspecified atom stereocenters. The molecule has 0 radical (unpaired) electrons. The summed E-state index contributed by atoms with van der Waals surface area (Å²) in [5.74, 6) is 0.0455. The third-order valence-electron chi connectivity index (χ3n) is 3.51. The molecule has 0 fully saturated rings. The zero-order chi connectivity index (χ0) is 17.9. The minimum Gasteiger partial charge on any atom is -0.469 e. The van der Waals surface area contributed by atoms with Crippen LogP contribution in [0.5, 0.6) is 0 Å². The van der Waals surface area contributed by atoms with E-state index in [0.717, 1.165) is 0 Å². The molecule has 0 rings (SSSR count). The van der Waals surface area contributed by atoms with Gasteiger partial charge in [-0.3, -0.25) is 9.59 Å². The van der Waals surface area contributed by atoms with Crippen molar-refractivity contribution in [2.75, 3.05) is 32.3 Å². The maximum atomic E-state index is 12.0. The summed E-state index contributed by atoms with van der Waals surface area (Å²) in [5, 5.41) is 0. The number of ether oxygens (including phenoxy) is 2. The number of carbonyl (C=O) groups is 2. The van der Waals surface area contributed by atoms with Crippen LogP contribution in [0.3, 0.4) is 0 Å². The molecule has 0 aromatic rings. The first-order chi connectivity index (χ1) is 10.8. The molecule has 0 saturated carbocycles. The van der Waals surface area contributed by atoms with Crippen molar-refractivity contribution in [3.8, 4) is 0 Å². The molecule has 0 bridgehead atoms. The highest BCUT2D eigenvalue weighted by molar-refractivity contribution is 7.98. The summed E-state index contributed by atoms with van der Waals surface area (Å²) in [7, 11) is 1.35. The molecule has 0 aliphatic rings. The van der Waals surface area contributed by atoms with Crippen molar-refractivity contribution in [2.24, 2.45) is 11.3 Å². The Labute approximate surface area is 142 Å². The number of hydrogen-bond acceptors (Lipinski definition) is 7. The Morgan fingerprint density at radius 3 is 2.48 bits per heavy atom. The number of carbonyl (C=O) groups excluding carboxylic acids is 2. The average molecular weight is 348 g/mol. The van der Waals surface area contributed by atoms with Gasteiger partial charge in [0, 0.05) is 0 Å². The smallest absolute Gasteiger partial charge is 0.311 e. The third-order valence-corrected chi connectivity index (χ3v) is 4.12. The minimum absolute atomic E-state index is 0.0801. The van der Waals surface area contributed by atoms with Gasteiger partial charge in [0.25, 0.3) is 0 Å². The second-order valence-corrected chi connectivity index (χ2v) is 6.42. The zero-order valence-electron chi connectivity index (χ0n) is 14.7. The lowest BCUT2D eigenvalue weighted by Crippen LogP contribution is -2.33. The summed E-state index contributed by atoms with van der Waals surface area (Å²) in [6.45, 7) is 9.27. The normalized spacial score (nSPS) is 14.5. The van der Waals surface area contributed by atoms with Crippen LogP contribution in [-0.4, -0.2) is 44.3 Å². The molecule has 0 amide bonds. The molecule has 0 aromatic carbocycles. The third kappa shape index (κ3) is 8.27. The monoisotopic (exact) mass is 348 g/mol. The molecular weight excluding hydrogens is 320 g/mol. The summed E-state index contributed by atoms with van der Waals surface area (Å²) in [6.07, 6.45) is 2.89. The molecule has 0 aromatic heterocycles. The van der Waals surface area contributed by atoms with Crippen LogP contribution in [0.15, 0.2) is 12.3 Å². The number of thioether (sulfide) groups is 1. The summed E-state index contributed by atoms with van der Waals surface area (Å²) >= 11 is 1.57. The Hall–Kier alpha value is -1.21. The van der Waals surface area contributed by atoms with Crippen LogP contribution in [0.4, 0.5) is 0 Å². The van der Waals surface area contributed by atoms with Gasteiger partial charge in [-0.25, -0.2) is 0 Å². The van der Waals surface area contributed by atoms with Crippen LogP contribution in [-0.2, 0) is 28.8 Å². The van der Waals surface area contributed by atoms with E-state index in [-0.39, 0.29) is 25.2 Å². The van der Waals surface area contributed by atoms with Crippen LogP contribution in [0, 0.1) is 11.3 Å². The largest absolute Gasteiger partial charge is 0.469 e. The van der Waals surface area contributed by atoms with Crippen LogP contribution in [0.1, 0.15) is 33.6 Å². The van der Waals surface area contributed by atoms with Crippen molar-refractivity contribution in [3.63, 3.8) is 0 Å². The molecule has 0 aliphatic carbocycles. The van der Waals surface area contributed by atoms with E-state index in [1.807, 2.05) is 13.2 Å². The maximum Gasteiger partial charge on any atom is 0.311 e. The Bertz CT molecular complexity index is 398. The van der Waals surface area contributed by atoms with E-state index in [1.54, 1.807) is 25.6 Å². The second-order valence-electron chi connectivity index (χ2n) is 5.56. The van der Waals surface area contributed by atoms with Crippen LogP contribution in [0.2, 0.25) is 0 Å². The summed E-state index contributed by atoms with van der Waals surface area (Å²) in [4.78, 5) is 33.6. The highest BCUT2D eigenvalue weighted by Crippen LogP contribution is 2.31. The molecular formula is C16H28O6S. The van der Waals surface area contributed by atoms with E-state index in [2.05, 4.69) is 6.58 Å². The Morgan fingerprint density at radius 1 is 1.30 bits per heavy atom. The standard InChI is InChI=1S/C16H28O6S/c1-7-16(4,15(18)19-5)10-12(2)14(17)20-8-9-21-22-13(3)11-23-6/h12H,3,7-11H2,1-2,4-6H3. The molecule has 6 nitrogen and oxygen atoms in total. The van der Waals surface area contributed by atoms with Crippen molar-refractivity contribution in [2.45, 2.75) is 33.6 Å². The van der Waals surface area contributed by atoms with Crippen molar-refractivity contribution in [1.29, 1.82) is 0 Å². The first-order valence-corrected chi connectivity index (χ1v) is 8.91. The SMILES string of the molecule is C=C(CSC)OOCCOC(=O)C(C)CC(C)(CC)C(=O)OC. The van der Waals surface area contributed by atoms with Crippen LogP contribution in [0.25, 0.3) is 0 Å². The Kier molecular flexibility index (Phi) is 10.7. The van der Waals surface area contributed by atoms with Crippen molar-refractivity contribution < 1.29 is 28.8 Å². The zero-order valence-corrected chi connectivity index (χ0v) is 15.5. The van der Waals surface area contributed by atoms with Gasteiger partial charge in [0.05, 0.1) is 24.2 Å². The highest BCUT2D eigenvalue weighted by atomic mass is 32.2. The lowest BCUT2D eigenvalue weighted by Gasteiger charge is -2.27. The van der Waals surface area contributed by atoms with Crippen molar-refractivity contribution >= 4 is 23.7 Å². The minimum atomic E-state index is -0.692. The second kappa shape index (κ2) is 11.3. The fourth-order valence-electron chi connectivity index (χ4n) is 2.01. The molecule has 0 N–H and O–H groups in total. The molecule has 23 heavy (non-hydrogen) atoms. The van der Waals surface area contributed by atoms with Gasteiger partial charge < -0.3 is 14.4 Å². The van der Waals surface area contributed by atoms with Gasteiger partial charge in [0.1, 0.15) is 19.0 Å². The molecule has 0 spiro atoms. The number of esters is 2. The van der Waals surface area contributed by atoms with E-state index >= 15 is 0 Å². The maximum absolute atomic E-state index is 12.0. The fourth-order valence-corrected chi connectivity index (χ4v) is 2.38. The lowest BCUT2D eigenvalue weighted by atomic mass is 9.79. The van der Waals surface area contributed by atoms with E-state index in [4.69, 9.17) is 19.2 Å². The van der Waals surface area contributed by atoms with Gasteiger partial charge in [-0.2, -0.15) is 16.6 Å². The van der Waals surface area contributed by atoms with E-state index in [0.29, 0.717) is 24.4 Å². The van der Waals surface area contributed by atoms with Gasteiger partial charge in [-0.05, 0) is 26.0 Å². The topological polar surface area (TPSA) is 71.1 Å². The number of rotatable bonds is 12. The van der Waals surface area contributed by atoms with E-state index in [9.17, 15) is 9.59 Å².